The van der Waals surface area contributed by atoms with E-state index in [1.54, 1.807) is 13.8 Å². The third-order valence-electron chi connectivity index (χ3n) is 4.85. The van der Waals surface area contributed by atoms with E-state index in [-0.39, 0.29) is 17.4 Å². The predicted molar refractivity (Wildman–Crippen MR) is 96.3 cm³/mol. The zero-order valence-electron chi connectivity index (χ0n) is 15.6. The molecule has 0 aromatic carbocycles. The van der Waals surface area contributed by atoms with E-state index < -0.39 is 5.54 Å². The van der Waals surface area contributed by atoms with E-state index in [0.717, 1.165) is 43.1 Å². The lowest BCUT2D eigenvalue weighted by molar-refractivity contribution is -0.126. The Morgan fingerprint density at radius 3 is 2.72 bits per heavy atom. The molecule has 138 valence electrons. The van der Waals surface area contributed by atoms with Crippen molar-refractivity contribution in [3.05, 3.63) is 17.5 Å². The fraction of sp³-hybridized carbons (Fsp3) is 0.722. The van der Waals surface area contributed by atoms with Crippen LogP contribution in [0.3, 0.4) is 0 Å². The molecule has 7 nitrogen and oxygen atoms in total. The van der Waals surface area contributed by atoms with E-state index >= 15 is 0 Å². The number of carbonyl (C=O) groups is 1. The number of anilines is 1. The number of morpholine rings is 1. The van der Waals surface area contributed by atoms with Crippen molar-refractivity contribution in [2.24, 2.45) is 11.1 Å². The summed E-state index contributed by atoms with van der Waals surface area (Å²) in [7, 11) is 0. The van der Waals surface area contributed by atoms with Gasteiger partial charge in [-0.3, -0.25) is 4.79 Å². The number of amides is 1. The van der Waals surface area contributed by atoms with E-state index in [4.69, 9.17) is 15.5 Å². The standard InChI is InChI=1S/C18H29N5O2/c1-17(2)9-13(21-15(24)18(3,4)19)12-11-20-16(22-14(12)10-17)23-5-7-25-8-6-23/h11,13H,5-10,19H2,1-4H3,(H,21,24). The highest BCUT2D eigenvalue weighted by atomic mass is 16.5. The Bertz CT molecular complexity index is 647. The Kier molecular flexibility index (Phi) is 4.72. The quantitative estimate of drug-likeness (QED) is 0.853. The number of nitrogens with one attached hydrogen (secondary N) is 1. The zero-order valence-corrected chi connectivity index (χ0v) is 15.6. The SMILES string of the molecule is CC1(C)Cc2nc(N3CCOCC3)ncc2C(NC(=O)C(C)(C)N)C1. The van der Waals surface area contributed by atoms with Gasteiger partial charge in [0.25, 0.3) is 0 Å². The van der Waals surface area contributed by atoms with Gasteiger partial charge in [-0.15, -0.1) is 0 Å². The number of hydrogen-bond acceptors (Lipinski definition) is 6. The molecule has 1 aliphatic carbocycles. The Morgan fingerprint density at radius 2 is 2.08 bits per heavy atom. The molecular weight excluding hydrogens is 318 g/mol. The largest absolute Gasteiger partial charge is 0.378 e. The lowest BCUT2D eigenvalue weighted by Gasteiger charge is -2.38. The van der Waals surface area contributed by atoms with Crippen LogP contribution in [0.15, 0.2) is 6.20 Å². The summed E-state index contributed by atoms with van der Waals surface area (Å²) in [4.78, 5) is 23.9. The van der Waals surface area contributed by atoms with Crippen LogP contribution < -0.4 is 16.0 Å². The third kappa shape index (κ3) is 4.10. The molecule has 1 saturated heterocycles. The third-order valence-corrected chi connectivity index (χ3v) is 4.85. The first-order chi connectivity index (χ1) is 11.7. The van der Waals surface area contributed by atoms with Gasteiger partial charge in [0, 0.05) is 24.8 Å². The number of aromatic nitrogens is 2. The summed E-state index contributed by atoms with van der Waals surface area (Å²) in [6, 6.07) is -0.104. The summed E-state index contributed by atoms with van der Waals surface area (Å²) in [5, 5.41) is 3.09. The van der Waals surface area contributed by atoms with Crippen LogP contribution in [0.4, 0.5) is 5.95 Å². The highest BCUT2D eigenvalue weighted by Gasteiger charge is 2.36. The van der Waals surface area contributed by atoms with Gasteiger partial charge in [0.05, 0.1) is 30.5 Å². The van der Waals surface area contributed by atoms with E-state index in [9.17, 15) is 4.79 Å². The van der Waals surface area contributed by atoms with Gasteiger partial charge >= 0.3 is 0 Å². The van der Waals surface area contributed by atoms with Crippen molar-refractivity contribution < 1.29 is 9.53 Å². The summed E-state index contributed by atoms with van der Waals surface area (Å²) < 4.78 is 5.40. The minimum atomic E-state index is -0.906. The number of ether oxygens (including phenoxy) is 1. The summed E-state index contributed by atoms with van der Waals surface area (Å²) >= 11 is 0. The average molecular weight is 347 g/mol. The van der Waals surface area contributed by atoms with Crippen molar-refractivity contribution in [3.8, 4) is 0 Å². The van der Waals surface area contributed by atoms with E-state index in [1.165, 1.54) is 0 Å². The first-order valence-corrected chi connectivity index (χ1v) is 8.94. The van der Waals surface area contributed by atoms with Crippen LogP contribution in [0, 0.1) is 5.41 Å². The molecule has 1 atom stereocenters. The second kappa shape index (κ2) is 6.53. The highest BCUT2D eigenvalue weighted by molar-refractivity contribution is 5.85. The summed E-state index contributed by atoms with van der Waals surface area (Å²) in [5.41, 5.74) is 7.12. The van der Waals surface area contributed by atoms with E-state index in [0.29, 0.717) is 13.2 Å². The molecule has 3 N–H and O–H groups in total. The maximum absolute atomic E-state index is 12.4. The van der Waals surface area contributed by atoms with Crippen molar-refractivity contribution >= 4 is 11.9 Å². The summed E-state index contributed by atoms with van der Waals surface area (Å²) in [6.45, 7) is 10.9. The number of carbonyl (C=O) groups excluding carboxylic acids is 1. The molecule has 0 spiro atoms. The second-order valence-electron chi connectivity index (χ2n) is 8.46. The minimum absolute atomic E-state index is 0.0559. The molecule has 2 aliphatic rings. The lowest BCUT2D eigenvalue weighted by atomic mass is 9.74. The van der Waals surface area contributed by atoms with Crippen molar-refractivity contribution in [1.82, 2.24) is 15.3 Å². The smallest absolute Gasteiger partial charge is 0.239 e. The predicted octanol–water partition coefficient (Wildman–Crippen LogP) is 1.18. The highest BCUT2D eigenvalue weighted by Crippen LogP contribution is 2.40. The maximum atomic E-state index is 12.4. The topological polar surface area (TPSA) is 93.4 Å². The fourth-order valence-electron chi connectivity index (χ4n) is 3.43. The molecule has 7 heteroatoms. The normalized spacial score (nSPS) is 23.1. The van der Waals surface area contributed by atoms with Gasteiger partial charge < -0.3 is 20.7 Å². The first kappa shape index (κ1) is 18.1. The van der Waals surface area contributed by atoms with Gasteiger partial charge in [-0.2, -0.15) is 0 Å². The van der Waals surface area contributed by atoms with Crippen LogP contribution in [-0.4, -0.2) is 47.7 Å². The van der Waals surface area contributed by atoms with Crippen molar-refractivity contribution in [2.45, 2.75) is 52.1 Å². The molecule has 2 heterocycles. The monoisotopic (exact) mass is 347 g/mol. The molecule has 1 aliphatic heterocycles. The van der Waals surface area contributed by atoms with Crippen molar-refractivity contribution in [3.63, 3.8) is 0 Å². The molecular formula is C18H29N5O2. The average Bonchev–Trinajstić information content (AvgIpc) is 2.53. The number of hydrogen-bond donors (Lipinski definition) is 2. The van der Waals surface area contributed by atoms with Crippen LogP contribution in [0.5, 0.6) is 0 Å². The maximum Gasteiger partial charge on any atom is 0.239 e. The molecule has 3 rings (SSSR count). The van der Waals surface area contributed by atoms with Gasteiger partial charge in [0.1, 0.15) is 0 Å². The van der Waals surface area contributed by atoms with Gasteiger partial charge in [-0.1, -0.05) is 13.8 Å². The van der Waals surface area contributed by atoms with Crippen LogP contribution in [0.25, 0.3) is 0 Å². The molecule has 1 amide bonds. The summed E-state index contributed by atoms with van der Waals surface area (Å²) in [6.07, 6.45) is 3.60. The Hall–Kier alpha value is -1.73. The molecule has 25 heavy (non-hydrogen) atoms. The van der Waals surface area contributed by atoms with Crippen LogP contribution in [0.1, 0.15) is 51.4 Å². The van der Waals surface area contributed by atoms with Gasteiger partial charge in [0.2, 0.25) is 11.9 Å². The second-order valence-corrected chi connectivity index (χ2v) is 8.46. The first-order valence-electron chi connectivity index (χ1n) is 8.94. The van der Waals surface area contributed by atoms with Crippen LogP contribution in [0.2, 0.25) is 0 Å². The fourth-order valence-corrected chi connectivity index (χ4v) is 3.43. The van der Waals surface area contributed by atoms with Crippen molar-refractivity contribution in [1.29, 1.82) is 0 Å². The number of nitrogens with zero attached hydrogens (tertiary/aromatic N) is 3. The van der Waals surface area contributed by atoms with E-state index in [1.807, 2.05) is 6.20 Å². The Balaban J connectivity index is 1.88. The Labute approximate surface area is 149 Å². The molecule has 1 aromatic rings. The molecule has 0 saturated carbocycles. The van der Waals surface area contributed by atoms with Crippen molar-refractivity contribution in [2.75, 3.05) is 31.2 Å². The van der Waals surface area contributed by atoms with Gasteiger partial charge in [0.15, 0.2) is 0 Å². The zero-order chi connectivity index (χ0) is 18.2. The number of fused-ring (bicyclic) bond motifs is 1. The molecule has 1 fully saturated rings. The molecule has 0 radical (unpaired) electrons. The molecule has 1 unspecified atom stereocenters. The van der Waals surface area contributed by atoms with Gasteiger partial charge in [-0.05, 0) is 32.1 Å². The summed E-state index contributed by atoms with van der Waals surface area (Å²) in [5.74, 6) is 0.599. The number of rotatable bonds is 3. The van der Waals surface area contributed by atoms with Gasteiger partial charge in [-0.25, -0.2) is 9.97 Å². The minimum Gasteiger partial charge on any atom is -0.378 e. The van der Waals surface area contributed by atoms with Crippen LogP contribution >= 0.6 is 0 Å². The lowest BCUT2D eigenvalue weighted by Crippen LogP contribution is -2.51. The van der Waals surface area contributed by atoms with Crippen LogP contribution in [-0.2, 0) is 16.0 Å². The molecule has 0 bridgehead atoms. The molecule has 1 aromatic heterocycles. The number of nitrogens with two attached hydrogens (primary N) is 1. The van der Waals surface area contributed by atoms with E-state index in [2.05, 4.69) is 29.0 Å². The Morgan fingerprint density at radius 1 is 1.40 bits per heavy atom.